The zero-order chi connectivity index (χ0) is 17.3. The maximum absolute atomic E-state index is 5.47. The minimum atomic E-state index is 0.537. The van der Waals surface area contributed by atoms with Gasteiger partial charge in [-0.1, -0.05) is 41.2 Å². The van der Waals surface area contributed by atoms with Crippen LogP contribution in [0.2, 0.25) is 0 Å². The van der Waals surface area contributed by atoms with E-state index in [1.807, 2.05) is 41.8 Å². The smallest absolute Gasteiger partial charge is 0.196 e. The summed E-state index contributed by atoms with van der Waals surface area (Å²) in [6.07, 6.45) is 2.40. The number of hydrogen-bond acceptors (Lipinski definition) is 6. The van der Waals surface area contributed by atoms with E-state index >= 15 is 0 Å². The van der Waals surface area contributed by atoms with Crippen molar-refractivity contribution in [2.75, 3.05) is 0 Å². The summed E-state index contributed by atoms with van der Waals surface area (Å²) >= 11 is 3.29. The molecule has 5 rings (SSSR count). The van der Waals surface area contributed by atoms with Gasteiger partial charge in [0.05, 0.1) is 10.6 Å². The van der Waals surface area contributed by atoms with Crippen LogP contribution in [0, 0.1) is 0 Å². The number of rotatable bonds is 6. The minimum Gasteiger partial charge on any atom is -0.355 e. The second-order valence-electron chi connectivity index (χ2n) is 6.23. The third kappa shape index (κ3) is 3.08. The number of thioether (sulfide) groups is 1. The molecule has 0 amide bonds. The van der Waals surface area contributed by atoms with Crippen molar-refractivity contribution >= 4 is 23.1 Å². The zero-order valence-corrected chi connectivity index (χ0v) is 15.5. The summed E-state index contributed by atoms with van der Waals surface area (Å²) in [4.78, 5) is 1.09. The Hall–Kier alpha value is -2.38. The van der Waals surface area contributed by atoms with E-state index in [-0.39, 0.29) is 0 Å². The summed E-state index contributed by atoms with van der Waals surface area (Å²) in [6, 6.07) is 16.4. The van der Waals surface area contributed by atoms with Gasteiger partial charge < -0.3 is 4.52 Å². The van der Waals surface area contributed by atoms with Crippen molar-refractivity contribution in [3.05, 3.63) is 65.4 Å². The lowest BCUT2D eigenvalue weighted by Gasteiger charge is -2.09. The predicted molar refractivity (Wildman–Crippen MR) is 103 cm³/mol. The van der Waals surface area contributed by atoms with Crippen molar-refractivity contribution in [3.8, 4) is 16.3 Å². The highest BCUT2D eigenvalue weighted by atomic mass is 32.2. The molecule has 1 saturated carbocycles. The standard InChI is InChI=1S/C19H16N4OS2/c1-2-5-15(6-3-1)23-18(13-8-9-13)20-21-19(23)26-12-14-11-16(24-22-14)17-7-4-10-25-17/h1-7,10-11,13H,8-9,12H2. The second-order valence-corrected chi connectivity index (χ2v) is 8.12. The molecule has 0 radical (unpaired) electrons. The fourth-order valence-corrected chi connectivity index (χ4v) is 4.37. The number of hydrogen-bond donors (Lipinski definition) is 0. The Morgan fingerprint density at radius 3 is 2.77 bits per heavy atom. The third-order valence-electron chi connectivity index (χ3n) is 4.29. The quantitative estimate of drug-likeness (QED) is 0.433. The Bertz CT molecular complexity index is 1000. The van der Waals surface area contributed by atoms with Crippen molar-refractivity contribution in [3.63, 3.8) is 0 Å². The Morgan fingerprint density at radius 2 is 2.00 bits per heavy atom. The molecule has 7 heteroatoms. The molecule has 3 heterocycles. The van der Waals surface area contributed by atoms with Crippen molar-refractivity contribution in [1.82, 2.24) is 19.9 Å². The Labute approximate surface area is 159 Å². The summed E-state index contributed by atoms with van der Waals surface area (Å²) < 4.78 is 7.65. The highest BCUT2D eigenvalue weighted by molar-refractivity contribution is 7.98. The van der Waals surface area contributed by atoms with E-state index in [9.17, 15) is 0 Å². The van der Waals surface area contributed by atoms with Crippen LogP contribution in [0.3, 0.4) is 0 Å². The van der Waals surface area contributed by atoms with E-state index < -0.39 is 0 Å². The van der Waals surface area contributed by atoms with Gasteiger partial charge in [0.2, 0.25) is 0 Å². The van der Waals surface area contributed by atoms with Crippen molar-refractivity contribution < 1.29 is 4.52 Å². The van der Waals surface area contributed by atoms with E-state index in [0.29, 0.717) is 11.7 Å². The highest BCUT2D eigenvalue weighted by Gasteiger charge is 2.31. The van der Waals surface area contributed by atoms with Crippen molar-refractivity contribution in [2.24, 2.45) is 0 Å². The van der Waals surface area contributed by atoms with Crippen LogP contribution >= 0.6 is 23.1 Å². The molecule has 130 valence electrons. The Kier molecular flexibility index (Phi) is 4.10. The molecule has 0 atom stereocenters. The molecule has 4 aromatic rings. The van der Waals surface area contributed by atoms with Crippen molar-refractivity contribution in [2.45, 2.75) is 29.7 Å². The number of thiophene rings is 1. The lowest BCUT2D eigenvalue weighted by atomic mass is 10.3. The molecule has 0 bridgehead atoms. The Morgan fingerprint density at radius 1 is 1.12 bits per heavy atom. The molecule has 3 aromatic heterocycles. The fourth-order valence-electron chi connectivity index (χ4n) is 2.85. The van der Waals surface area contributed by atoms with Crippen LogP contribution in [0.25, 0.3) is 16.3 Å². The van der Waals surface area contributed by atoms with E-state index in [4.69, 9.17) is 4.52 Å². The summed E-state index contributed by atoms with van der Waals surface area (Å²) in [6.45, 7) is 0. The van der Waals surface area contributed by atoms with Gasteiger partial charge in [0.1, 0.15) is 5.82 Å². The molecular formula is C19H16N4OS2. The molecule has 26 heavy (non-hydrogen) atoms. The molecule has 1 aliphatic carbocycles. The first-order chi connectivity index (χ1) is 12.9. The molecule has 1 aromatic carbocycles. The number of benzene rings is 1. The summed E-state index contributed by atoms with van der Waals surface area (Å²) in [5.74, 6) is 3.12. The van der Waals surface area contributed by atoms with Gasteiger partial charge in [0.25, 0.3) is 0 Å². The van der Waals surface area contributed by atoms with Gasteiger partial charge in [-0.05, 0) is 36.4 Å². The maximum atomic E-state index is 5.47. The van der Waals surface area contributed by atoms with Crippen LogP contribution in [0.5, 0.6) is 0 Å². The average molecular weight is 380 g/mol. The van der Waals surface area contributed by atoms with Crippen LogP contribution in [-0.4, -0.2) is 19.9 Å². The first-order valence-electron chi connectivity index (χ1n) is 8.51. The molecule has 0 aliphatic heterocycles. The van der Waals surface area contributed by atoms with Crippen LogP contribution in [0.15, 0.2) is 63.6 Å². The molecule has 1 fully saturated rings. The van der Waals surface area contributed by atoms with Crippen LogP contribution < -0.4 is 0 Å². The minimum absolute atomic E-state index is 0.537. The molecule has 0 saturated heterocycles. The number of aromatic nitrogens is 4. The topological polar surface area (TPSA) is 56.7 Å². The summed E-state index contributed by atoms with van der Waals surface area (Å²) in [5.41, 5.74) is 2.02. The van der Waals surface area contributed by atoms with E-state index in [1.165, 1.54) is 12.8 Å². The number of para-hydroxylation sites is 1. The zero-order valence-electron chi connectivity index (χ0n) is 13.9. The molecular weight excluding hydrogens is 364 g/mol. The lowest BCUT2D eigenvalue weighted by Crippen LogP contribution is -2.01. The van der Waals surface area contributed by atoms with E-state index in [2.05, 4.69) is 32.1 Å². The predicted octanol–water partition coefficient (Wildman–Crippen LogP) is 5.15. The largest absolute Gasteiger partial charge is 0.355 e. The van der Waals surface area contributed by atoms with Crippen molar-refractivity contribution in [1.29, 1.82) is 0 Å². The molecule has 0 N–H and O–H groups in total. The third-order valence-corrected chi connectivity index (χ3v) is 6.13. The van der Waals surface area contributed by atoms with Gasteiger partial charge in [0.15, 0.2) is 10.9 Å². The first kappa shape index (κ1) is 15.8. The van der Waals surface area contributed by atoms with Crippen LogP contribution in [0.1, 0.15) is 30.3 Å². The van der Waals surface area contributed by atoms with Gasteiger partial charge in [-0.25, -0.2) is 0 Å². The SMILES string of the molecule is c1ccc(-n2c(SCc3cc(-c4cccs4)on3)nnc2C2CC2)cc1. The van der Waals surface area contributed by atoms with Gasteiger partial charge in [0, 0.05) is 23.4 Å². The first-order valence-corrected chi connectivity index (χ1v) is 10.4. The fraction of sp³-hybridized carbons (Fsp3) is 0.211. The normalized spacial score (nSPS) is 14.0. The van der Waals surface area contributed by atoms with Gasteiger partial charge in [-0.15, -0.1) is 21.5 Å². The maximum Gasteiger partial charge on any atom is 0.196 e. The van der Waals surface area contributed by atoms with Gasteiger partial charge in [-0.3, -0.25) is 4.57 Å². The van der Waals surface area contributed by atoms with Crippen LogP contribution in [0.4, 0.5) is 0 Å². The lowest BCUT2D eigenvalue weighted by molar-refractivity contribution is 0.427. The van der Waals surface area contributed by atoms with Gasteiger partial charge in [-0.2, -0.15) is 0 Å². The summed E-state index contributed by atoms with van der Waals surface area (Å²) in [5, 5.41) is 16.0. The molecule has 0 spiro atoms. The Balaban J connectivity index is 1.39. The molecule has 1 aliphatic rings. The van der Waals surface area contributed by atoms with Crippen LogP contribution in [-0.2, 0) is 5.75 Å². The summed E-state index contributed by atoms with van der Waals surface area (Å²) in [7, 11) is 0. The van der Waals surface area contributed by atoms with E-state index in [0.717, 1.165) is 33.0 Å². The average Bonchev–Trinajstić information content (AvgIpc) is 3.08. The van der Waals surface area contributed by atoms with Gasteiger partial charge >= 0.3 is 0 Å². The highest BCUT2D eigenvalue weighted by Crippen LogP contribution is 2.41. The number of nitrogens with zero attached hydrogens (tertiary/aromatic N) is 4. The molecule has 5 nitrogen and oxygen atoms in total. The molecule has 0 unspecified atom stereocenters. The second kappa shape index (κ2) is 6.74. The van der Waals surface area contributed by atoms with E-state index in [1.54, 1.807) is 23.1 Å². The monoisotopic (exact) mass is 380 g/mol.